The molecule has 1 aromatic heterocycles. The molecule has 0 aliphatic carbocycles. The van der Waals surface area contributed by atoms with E-state index in [1.54, 1.807) is 22.9 Å². The minimum atomic E-state index is -0.669. The van der Waals surface area contributed by atoms with E-state index in [0.29, 0.717) is 38.4 Å². The second-order valence-electron chi connectivity index (χ2n) is 6.76. The monoisotopic (exact) mass is 414 g/mol. The third kappa shape index (κ3) is 5.60. The second kappa shape index (κ2) is 10.1. The fourth-order valence-corrected chi connectivity index (χ4v) is 3.76. The second-order valence-corrected chi connectivity index (χ2v) is 7.75. The summed E-state index contributed by atoms with van der Waals surface area (Å²) in [6.07, 6.45) is 4.29. The van der Waals surface area contributed by atoms with Crippen molar-refractivity contribution in [2.24, 2.45) is 5.73 Å². The van der Waals surface area contributed by atoms with E-state index in [0.717, 1.165) is 17.1 Å². The fourth-order valence-electron chi connectivity index (χ4n) is 3.29. The van der Waals surface area contributed by atoms with Gasteiger partial charge in [0.2, 0.25) is 5.91 Å². The molecule has 3 amide bonds. The first-order chi connectivity index (χ1) is 14.1. The lowest BCUT2D eigenvalue weighted by molar-refractivity contribution is -0.133. The van der Waals surface area contributed by atoms with Gasteiger partial charge in [0.15, 0.2) is 5.82 Å². The maximum Gasteiger partial charge on any atom is 0.312 e. The molecule has 1 saturated heterocycles. The number of nitrogens with two attached hydrogens (primary N) is 1. The lowest BCUT2D eigenvalue weighted by Gasteiger charge is -2.37. The van der Waals surface area contributed by atoms with Crippen LogP contribution in [0.5, 0.6) is 0 Å². The molecule has 1 aliphatic rings. The van der Waals surface area contributed by atoms with E-state index in [9.17, 15) is 9.59 Å². The minimum Gasteiger partial charge on any atom is -0.353 e. The highest BCUT2D eigenvalue weighted by atomic mass is 32.2. The topological polar surface area (TPSA) is 104 Å². The van der Waals surface area contributed by atoms with Crippen LogP contribution in [0.15, 0.2) is 42.6 Å². The number of piperazine rings is 1. The minimum absolute atomic E-state index is 0.0786. The number of nitrogens with zero attached hydrogens (tertiary/aromatic N) is 4. The normalized spacial score (nSPS) is 15.1. The predicted molar refractivity (Wildman–Crippen MR) is 116 cm³/mol. The SMILES string of the molecule is CSCCC(NC(N)=O)C(=O)N1CCN(c2ccnc(-c3ccccc3)n2)CC1. The standard InChI is InChI=1S/C20H26N6O2S/c1-29-14-8-16(23-20(21)28)19(27)26-12-10-25(11-13-26)17-7-9-22-18(24-17)15-5-3-2-4-6-15/h2-7,9,16H,8,10-14H2,1H3,(H3,21,23,28). The summed E-state index contributed by atoms with van der Waals surface area (Å²) in [6, 6.07) is 10.5. The van der Waals surface area contributed by atoms with Crippen LogP contribution in [0.4, 0.5) is 10.6 Å². The maximum absolute atomic E-state index is 12.8. The molecule has 0 saturated carbocycles. The zero-order valence-corrected chi connectivity index (χ0v) is 17.3. The van der Waals surface area contributed by atoms with Gasteiger partial charge in [-0.3, -0.25) is 4.79 Å². The zero-order valence-electron chi connectivity index (χ0n) is 16.5. The van der Waals surface area contributed by atoms with E-state index < -0.39 is 12.1 Å². The third-order valence-corrected chi connectivity index (χ3v) is 5.46. The quantitative estimate of drug-likeness (QED) is 0.713. The van der Waals surface area contributed by atoms with E-state index in [1.165, 1.54) is 0 Å². The Labute approximate surface area is 174 Å². The van der Waals surface area contributed by atoms with E-state index >= 15 is 0 Å². The Kier molecular flexibility index (Phi) is 7.29. The average Bonchev–Trinajstić information content (AvgIpc) is 2.77. The summed E-state index contributed by atoms with van der Waals surface area (Å²) in [7, 11) is 0. The molecule has 1 atom stereocenters. The Balaban J connectivity index is 1.62. The molecular weight excluding hydrogens is 388 g/mol. The number of primary amides is 1. The third-order valence-electron chi connectivity index (χ3n) is 4.81. The largest absolute Gasteiger partial charge is 0.353 e. The number of anilines is 1. The highest BCUT2D eigenvalue weighted by Crippen LogP contribution is 2.19. The summed E-state index contributed by atoms with van der Waals surface area (Å²) in [5, 5.41) is 2.58. The first kappa shape index (κ1) is 20.9. The van der Waals surface area contributed by atoms with Gasteiger partial charge < -0.3 is 20.9 Å². The smallest absolute Gasteiger partial charge is 0.312 e. The number of urea groups is 1. The number of carbonyl (C=O) groups is 2. The molecule has 1 aromatic carbocycles. The number of amides is 3. The number of carbonyl (C=O) groups excluding carboxylic acids is 2. The number of hydrogen-bond acceptors (Lipinski definition) is 6. The van der Waals surface area contributed by atoms with Crippen LogP contribution in [0.1, 0.15) is 6.42 Å². The molecule has 2 heterocycles. The summed E-state index contributed by atoms with van der Waals surface area (Å²) in [4.78, 5) is 37.1. The van der Waals surface area contributed by atoms with Crippen molar-refractivity contribution in [2.75, 3.05) is 43.1 Å². The molecule has 9 heteroatoms. The maximum atomic E-state index is 12.8. The lowest BCUT2D eigenvalue weighted by Crippen LogP contribution is -2.56. The van der Waals surface area contributed by atoms with Crippen molar-refractivity contribution in [3.63, 3.8) is 0 Å². The van der Waals surface area contributed by atoms with Crippen molar-refractivity contribution in [3.05, 3.63) is 42.6 Å². The van der Waals surface area contributed by atoms with Crippen LogP contribution in [0.25, 0.3) is 11.4 Å². The van der Waals surface area contributed by atoms with Crippen molar-refractivity contribution in [1.29, 1.82) is 0 Å². The van der Waals surface area contributed by atoms with Gasteiger partial charge >= 0.3 is 6.03 Å². The molecule has 1 fully saturated rings. The van der Waals surface area contributed by atoms with Gasteiger partial charge in [-0.15, -0.1) is 0 Å². The summed E-state index contributed by atoms with van der Waals surface area (Å²) in [6.45, 7) is 2.48. The number of nitrogens with one attached hydrogen (secondary N) is 1. The van der Waals surface area contributed by atoms with Gasteiger partial charge in [0, 0.05) is 37.9 Å². The Hall–Kier alpha value is -2.81. The van der Waals surface area contributed by atoms with Crippen LogP contribution in [-0.2, 0) is 4.79 Å². The van der Waals surface area contributed by atoms with E-state index in [2.05, 4.69) is 20.2 Å². The lowest BCUT2D eigenvalue weighted by atomic mass is 10.1. The molecule has 154 valence electrons. The van der Waals surface area contributed by atoms with E-state index in [-0.39, 0.29) is 5.91 Å². The number of benzene rings is 1. The Morgan fingerprint density at radius 1 is 1.17 bits per heavy atom. The molecule has 0 spiro atoms. The fraction of sp³-hybridized carbons (Fsp3) is 0.400. The number of hydrogen-bond donors (Lipinski definition) is 2. The van der Waals surface area contributed by atoms with Crippen molar-refractivity contribution in [3.8, 4) is 11.4 Å². The van der Waals surface area contributed by atoms with Gasteiger partial charge in [0.1, 0.15) is 11.9 Å². The first-order valence-corrected chi connectivity index (χ1v) is 10.9. The number of rotatable bonds is 7. The van der Waals surface area contributed by atoms with Gasteiger partial charge in [-0.1, -0.05) is 30.3 Å². The van der Waals surface area contributed by atoms with Gasteiger partial charge in [0.25, 0.3) is 0 Å². The van der Waals surface area contributed by atoms with E-state index in [1.807, 2.05) is 42.7 Å². The average molecular weight is 415 g/mol. The van der Waals surface area contributed by atoms with Crippen molar-refractivity contribution < 1.29 is 9.59 Å². The van der Waals surface area contributed by atoms with Gasteiger partial charge in [-0.05, 0) is 24.5 Å². The first-order valence-electron chi connectivity index (χ1n) is 9.55. The van der Waals surface area contributed by atoms with Crippen LogP contribution < -0.4 is 16.0 Å². The zero-order chi connectivity index (χ0) is 20.6. The summed E-state index contributed by atoms with van der Waals surface area (Å²) in [5.41, 5.74) is 6.21. The molecule has 3 N–H and O–H groups in total. The summed E-state index contributed by atoms with van der Waals surface area (Å²) >= 11 is 1.63. The molecule has 3 rings (SSSR count). The molecule has 0 bridgehead atoms. The van der Waals surface area contributed by atoms with Crippen LogP contribution in [0, 0.1) is 0 Å². The highest BCUT2D eigenvalue weighted by Gasteiger charge is 2.28. The van der Waals surface area contributed by atoms with E-state index in [4.69, 9.17) is 5.73 Å². The Bertz CT molecular complexity index is 827. The predicted octanol–water partition coefficient (Wildman–Crippen LogP) is 1.58. The summed E-state index contributed by atoms with van der Waals surface area (Å²) in [5.74, 6) is 2.23. The van der Waals surface area contributed by atoms with Gasteiger partial charge in [-0.2, -0.15) is 11.8 Å². The molecular formula is C20H26N6O2S. The van der Waals surface area contributed by atoms with Crippen LogP contribution in [0.3, 0.4) is 0 Å². The van der Waals surface area contributed by atoms with Gasteiger partial charge in [-0.25, -0.2) is 14.8 Å². The van der Waals surface area contributed by atoms with Crippen molar-refractivity contribution in [2.45, 2.75) is 12.5 Å². The molecule has 2 aromatic rings. The molecule has 1 unspecified atom stereocenters. The van der Waals surface area contributed by atoms with Crippen LogP contribution >= 0.6 is 11.8 Å². The highest BCUT2D eigenvalue weighted by molar-refractivity contribution is 7.98. The molecule has 8 nitrogen and oxygen atoms in total. The van der Waals surface area contributed by atoms with Crippen LogP contribution in [0.2, 0.25) is 0 Å². The molecule has 1 aliphatic heterocycles. The van der Waals surface area contributed by atoms with Crippen molar-refractivity contribution >= 4 is 29.5 Å². The summed E-state index contributed by atoms with van der Waals surface area (Å²) < 4.78 is 0. The number of aromatic nitrogens is 2. The Morgan fingerprint density at radius 3 is 2.55 bits per heavy atom. The van der Waals surface area contributed by atoms with Gasteiger partial charge in [0.05, 0.1) is 0 Å². The Morgan fingerprint density at radius 2 is 1.90 bits per heavy atom. The number of thioether (sulfide) groups is 1. The van der Waals surface area contributed by atoms with Crippen molar-refractivity contribution in [1.82, 2.24) is 20.2 Å². The molecule has 0 radical (unpaired) electrons. The molecule has 29 heavy (non-hydrogen) atoms. The van der Waals surface area contributed by atoms with Crippen LogP contribution in [-0.4, -0.2) is 71.0 Å².